The van der Waals surface area contributed by atoms with E-state index in [4.69, 9.17) is 0 Å². The number of hydrogen-bond acceptors (Lipinski definition) is 3. The second-order valence-corrected chi connectivity index (χ2v) is 6.21. The van der Waals surface area contributed by atoms with Crippen LogP contribution in [0.1, 0.15) is 25.1 Å². The highest BCUT2D eigenvalue weighted by atomic mass is 32.1. The molecule has 4 heterocycles. The minimum absolute atomic E-state index is 0.0664. The van der Waals surface area contributed by atoms with Crippen LogP contribution in [-0.4, -0.2) is 22.0 Å². The van der Waals surface area contributed by atoms with E-state index in [0.29, 0.717) is 6.42 Å². The van der Waals surface area contributed by atoms with Crippen LogP contribution in [0.3, 0.4) is 0 Å². The Morgan fingerprint density at radius 2 is 2.37 bits per heavy atom. The molecule has 0 N–H and O–H groups in total. The third-order valence-corrected chi connectivity index (χ3v) is 4.99. The number of aryl methyl sites for hydroxylation is 1. The van der Waals surface area contributed by atoms with Gasteiger partial charge in [0.1, 0.15) is 5.82 Å². The number of hydrogen-bond donors (Lipinski definition) is 0. The topological polar surface area (TPSA) is 38.1 Å². The molecule has 1 spiro atoms. The molecule has 0 aliphatic carbocycles. The monoisotopic (exact) mass is 273 g/mol. The third-order valence-electron chi connectivity index (χ3n) is 4.32. The lowest BCUT2D eigenvalue weighted by Crippen LogP contribution is -2.40. The minimum atomic E-state index is -0.0664. The summed E-state index contributed by atoms with van der Waals surface area (Å²) in [7, 11) is 0. The second kappa shape index (κ2) is 3.93. The Morgan fingerprint density at radius 1 is 1.42 bits per heavy atom. The fourth-order valence-corrected chi connectivity index (χ4v) is 4.08. The predicted molar refractivity (Wildman–Crippen MR) is 74.4 cm³/mol. The molecule has 19 heavy (non-hydrogen) atoms. The molecule has 2 aromatic heterocycles. The van der Waals surface area contributed by atoms with Crippen LogP contribution in [0.5, 0.6) is 0 Å². The fourth-order valence-electron chi connectivity index (χ4n) is 3.44. The number of amides is 1. The highest BCUT2D eigenvalue weighted by Gasteiger charge is 2.47. The number of carbonyl (C=O) groups excluding carboxylic acids is 1. The molecule has 0 saturated carbocycles. The van der Waals surface area contributed by atoms with Gasteiger partial charge in [-0.3, -0.25) is 4.79 Å². The lowest BCUT2D eigenvalue weighted by molar-refractivity contribution is -0.117. The van der Waals surface area contributed by atoms with Gasteiger partial charge in [0, 0.05) is 24.2 Å². The van der Waals surface area contributed by atoms with Crippen molar-refractivity contribution in [2.45, 2.75) is 31.2 Å². The zero-order valence-corrected chi connectivity index (χ0v) is 11.4. The summed E-state index contributed by atoms with van der Waals surface area (Å²) in [4.78, 5) is 18.7. The molecule has 4 rings (SSSR count). The SMILES string of the molecule is O=C1CC2(CCCc3nccn32)CN1c1ccsc1. The summed E-state index contributed by atoms with van der Waals surface area (Å²) >= 11 is 1.64. The van der Waals surface area contributed by atoms with E-state index in [2.05, 4.69) is 14.9 Å². The van der Waals surface area contributed by atoms with Gasteiger partial charge in [0.15, 0.2) is 0 Å². The number of aromatic nitrogens is 2. The van der Waals surface area contributed by atoms with E-state index < -0.39 is 0 Å². The highest BCUT2D eigenvalue weighted by molar-refractivity contribution is 7.08. The molecule has 0 bridgehead atoms. The van der Waals surface area contributed by atoms with Gasteiger partial charge >= 0.3 is 0 Å². The third kappa shape index (κ3) is 1.57. The Labute approximate surface area is 115 Å². The zero-order valence-electron chi connectivity index (χ0n) is 10.6. The summed E-state index contributed by atoms with van der Waals surface area (Å²) < 4.78 is 2.25. The molecule has 1 amide bonds. The van der Waals surface area contributed by atoms with Gasteiger partial charge in [-0.05, 0) is 24.3 Å². The van der Waals surface area contributed by atoms with Crippen molar-refractivity contribution in [1.82, 2.24) is 9.55 Å². The average Bonchev–Trinajstić information content (AvgIpc) is 3.10. The number of rotatable bonds is 1. The smallest absolute Gasteiger partial charge is 0.229 e. The first-order chi connectivity index (χ1) is 9.28. The van der Waals surface area contributed by atoms with Gasteiger partial charge in [0.2, 0.25) is 5.91 Å². The van der Waals surface area contributed by atoms with E-state index >= 15 is 0 Å². The fraction of sp³-hybridized carbons (Fsp3) is 0.429. The molecule has 98 valence electrons. The average molecular weight is 273 g/mol. The van der Waals surface area contributed by atoms with E-state index in [1.807, 2.05) is 28.7 Å². The second-order valence-electron chi connectivity index (χ2n) is 5.43. The molecule has 1 unspecified atom stereocenters. The van der Waals surface area contributed by atoms with Crippen LogP contribution in [-0.2, 0) is 16.8 Å². The van der Waals surface area contributed by atoms with E-state index in [0.717, 1.165) is 37.3 Å². The highest BCUT2D eigenvalue weighted by Crippen LogP contribution is 2.40. The maximum absolute atomic E-state index is 12.4. The van der Waals surface area contributed by atoms with Crippen LogP contribution in [0.2, 0.25) is 0 Å². The molecular formula is C14H15N3OS. The Balaban J connectivity index is 1.74. The molecule has 2 aliphatic heterocycles. The molecule has 0 radical (unpaired) electrons. The zero-order chi connectivity index (χ0) is 12.9. The van der Waals surface area contributed by atoms with Crippen molar-refractivity contribution < 1.29 is 4.79 Å². The van der Waals surface area contributed by atoms with Crippen LogP contribution >= 0.6 is 11.3 Å². The van der Waals surface area contributed by atoms with Crippen molar-refractivity contribution in [1.29, 1.82) is 0 Å². The Hall–Kier alpha value is -1.62. The predicted octanol–water partition coefficient (Wildman–Crippen LogP) is 2.41. The van der Waals surface area contributed by atoms with Crippen LogP contribution in [0, 0.1) is 0 Å². The van der Waals surface area contributed by atoms with Gasteiger partial charge < -0.3 is 9.47 Å². The first kappa shape index (κ1) is 11.2. The number of nitrogens with zero attached hydrogens (tertiary/aromatic N) is 3. The van der Waals surface area contributed by atoms with E-state index in [9.17, 15) is 4.79 Å². The standard InChI is InChI=1S/C14H15N3OS/c18-13-8-14(10-16(13)11-3-7-19-9-11)4-1-2-12-15-5-6-17(12)14/h3,5-7,9H,1-2,4,8,10H2. The number of anilines is 1. The molecular weight excluding hydrogens is 258 g/mol. The minimum Gasteiger partial charge on any atom is -0.326 e. The lowest BCUT2D eigenvalue weighted by Gasteiger charge is -2.35. The van der Waals surface area contributed by atoms with Crippen LogP contribution < -0.4 is 4.90 Å². The van der Waals surface area contributed by atoms with Crippen molar-refractivity contribution in [3.8, 4) is 0 Å². The molecule has 5 heteroatoms. The normalized spacial score (nSPS) is 26.1. The van der Waals surface area contributed by atoms with Gasteiger partial charge in [-0.2, -0.15) is 11.3 Å². The number of fused-ring (bicyclic) bond motifs is 2. The lowest BCUT2D eigenvalue weighted by atomic mass is 9.88. The van der Waals surface area contributed by atoms with Crippen molar-refractivity contribution in [3.63, 3.8) is 0 Å². The molecule has 2 aromatic rings. The van der Waals surface area contributed by atoms with Gasteiger partial charge in [0.05, 0.1) is 24.2 Å². The molecule has 0 aromatic carbocycles. The first-order valence-corrected chi connectivity index (χ1v) is 7.58. The quantitative estimate of drug-likeness (QED) is 0.800. The largest absolute Gasteiger partial charge is 0.326 e. The van der Waals surface area contributed by atoms with Crippen LogP contribution in [0.15, 0.2) is 29.2 Å². The van der Waals surface area contributed by atoms with Gasteiger partial charge in [0.25, 0.3) is 0 Å². The summed E-state index contributed by atoms with van der Waals surface area (Å²) in [6.45, 7) is 0.784. The molecule has 1 saturated heterocycles. The van der Waals surface area contributed by atoms with Crippen molar-refractivity contribution >= 4 is 22.9 Å². The summed E-state index contributed by atoms with van der Waals surface area (Å²) in [6, 6.07) is 2.03. The summed E-state index contributed by atoms with van der Waals surface area (Å²) in [6.07, 6.45) is 7.73. The Morgan fingerprint density at radius 3 is 3.21 bits per heavy atom. The maximum Gasteiger partial charge on any atom is 0.229 e. The maximum atomic E-state index is 12.4. The van der Waals surface area contributed by atoms with Crippen LogP contribution in [0.4, 0.5) is 5.69 Å². The molecule has 1 fully saturated rings. The van der Waals surface area contributed by atoms with Crippen molar-refractivity contribution in [3.05, 3.63) is 35.0 Å². The molecule has 4 nitrogen and oxygen atoms in total. The first-order valence-electron chi connectivity index (χ1n) is 6.64. The van der Waals surface area contributed by atoms with Gasteiger partial charge in [-0.25, -0.2) is 4.98 Å². The van der Waals surface area contributed by atoms with Crippen molar-refractivity contribution in [2.75, 3.05) is 11.4 Å². The van der Waals surface area contributed by atoms with Crippen molar-refractivity contribution in [2.24, 2.45) is 0 Å². The number of imidazole rings is 1. The number of carbonyl (C=O) groups is 1. The van der Waals surface area contributed by atoms with E-state index in [1.165, 1.54) is 0 Å². The van der Waals surface area contributed by atoms with Crippen LogP contribution in [0.25, 0.3) is 0 Å². The molecule has 2 aliphatic rings. The van der Waals surface area contributed by atoms with Gasteiger partial charge in [-0.15, -0.1) is 0 Å². The van der Waals surface area contributed by atoms with E-state index in [-0.39, 0.29) is 11.4 Å². The van der Waals surface area contributed by atoms with Gasteiger partial charge in [-0.1, -0.05) is 0 Å². The number of thiophene rings is 1. The summed E-state index contributed by atoms with van der Waals surface area (Å²) in [5.74, 6) is 1.37. The summed E-state index contributed by atoms with van der Waals surface area (Å²) in [5, 5.41) is 4.08. The Kier molecular flexibility index (Phi) is 2.33. The Bertz CT molecular complexity index is 618. The van der Waals surface area contributed by atoms with E-state index in [1.54, 1.807) is 11.3 Å². The molecule has 1 atom stereocenters. The summed E-state index contributed by atoms with van der Waals surface area (Å²) in [5.41, 5.74) is 0.974.